The van der Waals surface area contributed by atoms with E-state index in [-0.39, 0.29) is 24.2 Å². The molecule has 1 aromatic heterocycles. The number of rotatable bonds is 4. The van der Waals surface area contributed by atoms with Crippen LogP contribution in [0.3, 0.4) is 0 Å². The van der Waals surface area contributed by atoms with Gasteiger partial charge in [0.1, 0.15) is 0 Å². The molecule has 2 N–H and O–H groups in total. The first kappa shape index (κ1) is 18.8. The summed E-state index contributed by atoms with van der Waals surface area (Å²) >= 11 is 1.74. The molecule has 6 heteroatoms. The lowest BCUT2D eigenvalue weighted by atomic mass is 9.99. The lowest BCUT2D eigenvalue weighted by Gasteiger charge is -2.21. The van der Waals surface area contributed by atoms with Crippen molar-refractivity contribution in [1.82, 2.24) is 10.3 Å². The molecule has 0 bridgehead atoms. The summed E-state index contributed by atoms with van der Waals surface area (Å²) in [5.41, 5.74) is 3.13. The molecule has 3 aromatic rings. The Bertz CT molecular complexity index is 839. The van der Waals surface area contributed by atoms with Gasteiger partial charge in [0.05, 0.1) is 21.1 Å². The molecule has 1 unspecified atom stereocenters. The van der Waals surface area contributed by atoms with Gasteiger partial charge in [-0.2, -0.15) is 0 Å². The van der Waals surface area contributed by atoms with E-state index in [1.54, 1.807) is 11.3 Å². The molecule has 0 aliphatic carbocycles. The molecule has 1 fully saturated rings. The Morgan fingerprint density at radius 2 is 2.00 bits per heavy atom. The molecule has 0 saturated carbocycles. The molecular formula is C20H22ClN3OS. The smallest absolute Gasteiger partial charge is 0.228 e. The number of amides is 1. The van der Waals surface area contributed by atoms with Crippen molar-refractivity contribution in [2.75, 3.05) is 18.4 Å². The van der Waals surface area contributed by atoms with E-state index in [0.29, 0.717) is 0 Å². The first-order chi connectivity index (χ1) is 12.3. The Labute approximate surface area is 163 Å². The quantitative estimate of drug-likeness (QED) is 0.703. The second-order valence-corrected chi connectivity index (χ2v) is 7.60. The number of hydrogen-bond acceptors (Lipinski definition) is 4. The van der Waals surface area contributed by atoms with Crippen molar-refractivity contribution in [3.8, 4) is 0 Å². The zero-order valence-electron chi connectivity index (χ0n) is 14.4. The fourth-order valence-corrected chi connectivity index (χ4v) is 4.20. The SMILES string of the molecule is Cl.O=C(Nc1ccc(Cc2nc3ccccc3s2)cc1)C1CCCNC1. The molecule has 136 valence electrons. The first-order valence-electron chi connectivity index (χ1n) is 8.73. The monoisotopic (exact) mass is 387 g/mol. The van der Waals surface area contributed by atoms with E-state index in [4.69, 9.17) is 0 Å². The highest BCUT2D eigenvalue weighted by molar-refractivity contribution is 7.18. The second kappa shape index (κ2) is 8.62. The van der Waals surface area contributed by atoms with E-state index in [2.05, 4.69) is 33.8 Å². The number of halogens is 1. The van der Waals surface area contributed by atoms with Gasteiger partial charge < -0.3 is 10.6 Å². The van der Waals surface area contributed by atoms with E-state index in [0.717, 1.165) is 48.6 Å². The van der Waals surface area contributed by atoms with Crippen LogP contribution in [0, 0.1) is 5.92 Å². The summed E-state index contributed by atoms with van der Waals surface area (Å²) in [6.07, 6.45) is 2.85. The van der Waals surface area contributed by atoms with E-state index in [1.165, 1.54) is 10.3 Å². The third-order valence-corrected chi connectivity index (χ3v) is 5.62. The molecule has 1 aliphatic rings. The Kier molecular flexibility index (Phi) is 6.25. The van der Waals surface area contributed by atoms with Gasteiger partial charge in [-0.05, 0) is 49.2 Å². The lowest BCUT2D eigenvalue weighted by molar-refractivity contribution is -0.120. The normalized spacial score (nSPS) is 16.8. The fourth-order valence-electron chi connectivity index (χ4n) is 3.20. The summed E-state index contributed by atoms with van der Waals surface area (Å²) in [7, 11) is 0. The third kappa shape index (κ3) is 4.41. The Morgan fingerprint density at radius 3 is 2.73 bits per heavy atom. The predicted octanol–water partition coefficient (Wildman–Crippen LogP) is 4.25. The van der Waals surface area contributed by atoms with Gasteiger partial charge in [0.25, 0.3) is 0 Å². The first-order valence-corrected chi connectivity index (χ1v) is 9.54. The number of para-hydroxylation sites is 1. The van der Waals surface area contributed by atoms with Crippen LogP contribution in [0.4, 0.5) is 5.69 Å². The third-order valence-electron chi connectivity index (χ3n) is 4.58. The molecule has 1 saturated heterocycles. The van der Waals surface area contributed by atoms with E-state index in [9.17, 15) is 4.79 Å². The summed E-state index contributed by atoms with van der Waals surface area (Å²) in [6, 6.07) is 16.3. The Morgan fingerprint density at radius 1 is 1.19 bits per heavy atom. The number of nitrogens with one attached hydrogen (secondary N) is 2. The average Bonchev–Trinajstić information content (AvgIpc) is 3.06. The zero-order chi connectivity index (χ0) is 17.1. The molecular weight excluding hydrogens is 366 g/mol. The van der Waals surface area contributed by atoms with Gasteiger partial charge in [-0.1, -0.05) is 24.3 Å². The number of thiazole rings is 1. The van der Waals surface area contributed by atoms with Crippen molar-refractivity contribution < 1.29 is 4.79 Å². The number of fused-ring (bicyclic) bond motifs is 1. The van der Waals surface area contributed by atoms with E-state index < -0.39 is 0 Å². The summed E-state index contributed by atoms with van der Waals surface area (Å²) in [4.78, 5) is 17.0. The molecule has 4 rings (SSSR count). The van der Waals surface area contributed by atoms with Crippen molar-refractivity contribution >= 4 is 45.6 Å². The van der Waals surface area contributed by atoms with Gasteiger partial charge in [-0.3, -0.25) is 4.79 Å². The van der Waals surface area contributed by atoms with Gasteiger partial charge >= 0.3 is 0 Å². The van der Waals surface area contributed by atoms with Crippen LogP contribution >= 0.6 is 23.7 Å². The van der Waals surface area contributed by atoms with Gasteiger partial charge in [-0.25, -0.2) is 4.98 Å². The van der Waals surface area contributed by atoms with Gasteiger partial charge in [0.2, 0.25) is 5.91 Å². The molecule has 0 spiro atoms. The maximum atomic E-state index is 12.3. The number of aromatic nitrogens is 1. The van der Waals surface area contributed by atoms with Crippen LogP contribution in [0.5, 0.6) is 0 Å². The van der Waals surface area contributed by atoms with E-state index in [1.807, 2.05) is 30.3 Å². The van der Waals surface area contributed by atoms with Crippen molar-refractivity contribution in [1.29, 1.82) is 0 Å². The highest BCUT2D eigenvalue weighted by Crippen LogP contribution is 2.24. The minimum absolute atomic E-state index is 0. The number of piperidine rings is 1. The minimum atomic E-state index is 0. The number of benzene rings is 2. The molecule has 26 heavy (non-hydrogen) atoms. The molecule has 2 heterocycles. The van der Waals surface area contributed by atoms with Crippen molar-refractivity contribution in [3.63, 3.8) is 0 Å². The van der Waals surface area contributed by atoms with Gasteiger partial charge in [0.15, 0.2) is 0 Å². The predicted molar refractivity (Wildman–Crippen MR) is 110 cm³/mol. The van der Waals surface area contributed by atoms with Crippen LogP contribution in [0.25, 0.3) is 10.2 Å². The zero-order valence-corrected chi connectivity index (χ0v) is 16.0. The van der Waals surface area contributed by atoms with Gasteiger partial charge in [0, 0.05) is 18.7 Å². The second-order valence-electron chi connectivity index (χ2n) is 6.48. The number of carbonyl (C=O) groups excluding carboxylic acids is 1. The molecule has 1 aliphatic heterocycles. The summed E-state index contributed by atoms with van der Waals surface area (Å²) in [6.45, 7) is 1.80. The fraction of sp³-hybridized carbons (Fsp3) is 0.300. The highest BCUT2D eigenvalue weighted by Gasteiger charge is 2.20. The van der Waals surface area contributed by atoms with Crippen molar-refractivity contribution in [2.45, 2.75) is 19.3 Å². The van der Waals surface area contributed by atoms with E-state index >= 15 is 0 Å². The average molecular weight is 388 g/mol. The van der Waals surface area contributed by atoms with Crippen molar-refractivity contribution in [2.24, 2.45) is 5.92 Å². The summed E-state index contributed by atoms with van der Waals surface area (Å²) in [5.74, 6) is 0.197. The maximum absolute atomic E-state index is 12.3. The number of nitrogens with zero attached hydrogens (tertiary/aromatic N) is 1. The van der Waals surface area contributed by atoms with Crippen LogP contribution in [0.2, 0.25) is 0 Å². The number of anilines is 1. The van der Waals surface area contributed by atoms with Crippen LogP contribution in [0.1, 0.15) is 23.4 Å². The molecule has 1 atom stereocenters. The number of hydrogen-bond donors (Lipinski definition) is 2. The van der Waals surface area contributed by atoms with Crippen LogP contribution in [0.15, 0.2) is 48.5 Å². The summed E-state index contributed by atoms with van der Waals surface area (Å²) in [5, 5.41) is 7.43. The molecule has 2 aromatic carbocycles. The molecule has 4 nitrogen and oxygen atoms in total. The Hall–Kier alpha value is -1.95. The summed E-state index contributed by atoms with van der Waals surface area (Å²) < 4.78 is 1.22. The van der Waals surface area contributed by atoms with Crippen molar-refractivity contribution in [3.05, 3.63) is 59.1 Å². The van der Waals surface area contributed by atoms with Crippen LogP contribution < -0.4 is 10.6 Å². The largest absolute Gasteiger partial charge is 0.326 e. The standard InChI is InChI=1S/C20H21N3OS.ClH/c24-20(15-4-3-11-21-13-15)22-16-9-7-14(8-10-16)12-19-23-17-5-1-2-6-18(17)25-19;/h1-2,5-10,15,21H,3-4,11-13H2,(H,22,24);1H. The maximum Gasteiger partial charge on any atom is 0.228 e. The van der Waals surface area contributed by atoms with Crippen LogP contribution in [-0.4, -0.2) is 24.0 Å². The topological polar surface area (TPSA) is 54.0 Å². The molecule has 1 amide bonds. The highest BCUT2D eigenvalue weighted by atomic mass is 35.5. The minimum Gasteiger partial charge on any atom is -0.326 e. The number of carbonyl (C=O) groups is 1. The lowest BCUT2D eigenvalue weighted by Crippen LogP contribution is -2.37. The molecule has 0 radical (unpaired) electrons. The Balaban J connectivity index is 0.00000196. The van der Waals surface area contributed by atoms with Crippen LogP contribution in [-0.2, 0) is 11.2 Å². The van der Waals surface area contributed by atoms with Gasteiger partial charge in [-0.15, -0.1) is 23.7 Å².